The predicted molar refractivity (Wildman–Crippen MR) is 62.0 cm³/mol. The zero-order valence-electron chi connectivity index (χ0n) is 8.50. The minimum absolute atomic E-state index is 0.591. The highest BCUT2D eigenvalue weighted by Crippen LogP contribution is 2.20. The lowest BCUT2D eigenvalue weighted by atomic mass is 10.1. The fourth-order valence-electron chi connectivity index (χ4n) is 1.62. The third-order valence-corrected chi connectivity index (χ3v) is 2.47. The van der Waals surface area contributed by atoms with Crippen LogP contribution in [0, 0.1) is 6.92 Å². The SMILES string of the molecule is Cc1nc(CCN)c2ccc(Cl)cc2n1. The van der Waals surface area contributed by atoms with Crippen LogP contribution in [0.5, 0.6) is 0 Å². The number of fused-ring (bicyclic) bond motifs is 1. The Balaban J connectivity index is 2.68. The number of hydrogen-bond acceptors (Lipinski definition) is 3. The molecule has 1 aromatic heterocycles. The number of aryl methyl sites for hydroxylation is 1. The van der Waals surface area contributed by atoms with Gasteiger partial charge in [0.1, 0.15) is 5.82 Å². The molecule has 0 aliphatic heterocycles. The molecule has 0 radical (unpaired) electrons. The van der Waals surface area contributed by atoms with Gasteiger partial charge in [0.25, 0.3) is 0 Å². The van der Waals surface area contributed by atoms with Crippen LogP contribution in [0.1, 0.15) is 11.5 Å². The first-order chi connectivity index (χ1) is 7.20. The van der Waals surface area contributed by atoms with E-state index in [1.807, 2.05) is 25.1 Å². The summed E-state index contributed by atoms with van der Waals surface area (Å²) in [5, 5.41) is 1.73. The first-order valence-corrected chi connectivity index (χ1v) is 5.21. The minimum Gasteiger partial charge on any atom is -0.330 e. The molecule has 2 N–H and O–H groups in total. The van der Waals surface area contributed by atoms with Crippen LogP contribution in [0.25, 0.3) is 10.9 Å². The van der Waals surface area contributed by atoms with Gasteiger partial charge in [-0.2, -0.15) is 0 Å². The fourth-order valence-corrected chi connectivity index (χ4v) is 1.79. The van der Waals surface area contributed by atoms with E-state index in [1.54, 1.807) is 0 Å². The molecule has 3 nitrogen and oxygen atoms in total. The van der Waals surface area contributed by atoms with E-state index in [1.165, 1.54) is 0 Å². The molecule has 0 saturated heterocycles. The van der Waals surface area contributed by atoms with E-state index in [0.717, 1.165) is 28.8 Å². The number of nitrogens with two attached hydrogens (primary N) is 1. The smallest absolute Gasteiger partial charge is 0.126 e. The molecule has 0 atom stereocenters. The quantitative estimate of drug-likeness (QED) is 0.845. The molecule has 4 heteroatoms. The topological polar surface area (TPSA) is 51.8 Å². The highest BCUT2D eigenvalue weighted by Gasteiger charge is 2.05. The minimum atomic E-state index is 0.591. The number of hydrogen-bond donors (Lipinski definition) is 1. The average Bonchev–Trinajstić information content (AvgIpc) is 2.17. The first-order valence-electron chi connectivity index (χ1n) is 4.83. The maximum atomic E-state index is 5.92. The number of halogens is 1. The van der Waals surface area contributed by atoms with Gasteiger partial charge in [-0.3, -0.25) is 0 Å². The van der Waals surface area contributed by atoms with Crippen molar-refractivity contribution in [3.63, 3.8) is 0 Å². The van der Waals surface area contributed by atoms with E-state index < -0.39 is 0 Å². The average molecular weight is 222 g/mol. The molecular weight excluding hydrogens is 210 g/mol. The Morgan fingerprint density at radius 3 is 2.87 bits per heavy atom. The third-order valence-electron chi connectivity index (χ3n) is 2.23. The molecule has 15 heavy (non-hydrogen) atoms. The van der Waals surface area contributed by atoms with E-state index >= 15 is 0 Å². The van der Waals surface area contributed by atoms with Gasteiger partial charge in [0.05, 0.1) is 11.2 Å². The number of benzene rings is 1. The van der Waals surface area contributed by atoms with Crippen molar-refractivity contribution < 1.29 is 0 Å². The summed E-state index contributed by atoms with van der Waals surface area (Å²) in [4.78, 5) is 8.73. The van der Waals surface area contributed by atoms with Crippen LogP contribution in [0.4, 0.5) is 0 Å². The van der Waals surface area contributed by atoms with Gasteiger partial charge < -0.3 is 5.73 Å². The van der Waals surface area contributed by atoms with Gasteiger partial charge in [-0.25, -0.2) is 9.97 Å². The third kappa shape index (κ3) is 2.08. The monoisotopic (exact) mass is 221 g/mol. The van der Waals surface area contributed by atoms with Crippen LogP contribution in [0.15, 0.2) is 18.2 Å². The molecule has 0 fully saturated rings. The van der Waals surface area contributed by atoms with E-state index in [0.29, 0.717) is 11.6 Å². The molecule has 1 heterocycles. The molecule has 2 aromatic rings. The normalized spacial score (nSPS) is 10.9. The van der Waals surface area contributed by atoms with Crippen molar-refractivity contribution in [2.75, 3.05) is 6.54 Å². The summed E-state index contributed by atoms with van der Waals surface area (Å²) in [5.41, 5.74) is 7.43. The Morgan fingerprint density at radius 1 is 1.33 bits per heavy atom. The van der Waals surface area contributed by atoms with Gasteiger partial charge in [0, 0.05) is 16.8 Å². The molecule has 0 unspecified atom stereocenters. The summed E-state index contributed by atoms with van der Waals surface area (Å²) in [7, 11) is 0. The standard InChI is InChI=1S/C11H12ClN3/c1-7-14-10(4-5-13)9-3-2-8(12)6-11(9)15-7/h2-3,6H,4-5,13H2,1H3. The highest BCUT2D eigenvalue weighted by atomic mass is 35.5. The first kappa shape index (κ1) is 10.3. The number of aromatic nitrogens is 2. The van der Waals surface area contributed by atoms with Crippen molar-refractivity contribution in [3.8, 4) is 0 Å². The lowest BCUT2D eigenvalue weighted by Gasteiger charge is -2.05. The van der Waals surface area contributed by atoms with Gasteiger partial charge in [-0.15, -0.1) is 0 Å². The molecule has 0 bridgehead atoms. The van der Waals surface area contributed by atoms with Crippen LogP contribution in [0.2, 0.25) is 5.02 Å². The van der Waals surface area contributed by atoms with Crippen LogP contribution in [0.3, 0.4) is 0 Å². The second-order valence-electron chi connectivity index (χ2n) is 3.42. The van der Waals surface area contributed by atoms with E-state index in [-0.39, 0.29) is 0 Å². The Labute approximate surface area is 93.3 Å². The number of nitrogens with zero attached hydrogens (tertiary/aromatic N) is 2. The van der Waals surface area contributed by atoms with E-state index in [9.17, 15) is 0 Å². The molecule has 0 saturated carbocycles. The number of rotatable bonds is 2. The molecule has 2 rings (SSSR count). The molecule has 0 aliphatic rings. The predicted octanol–water partition coefficient (Wildman–Crippen LogP) is 2.09. The zero-order chi connectivity index (χ0) is 10.8. The summed E-state index contributed by atoms with van der Waals surface area (Å²) >= 11 is 5.92. The second-order valence-corrected chi connectivity index (χ2v) is 3.85. The van der Waals surface area contributed by atoms with Crippen molar-refractivity contribution in [2.24, 2.45) is 5.73 Å². The Morgan fingerprint density at radius 2 is 2.13 bits per heavy atom. The van der Waals surface area contributed by atoms with Gasteiger partial charge in [-0.1, -0.05) is 11.6 Å². The Hall–Kier alpha value is -1.19. The lowest BCUT2D eigenvalue weighted by Crippen LogP contribution is -2.06. The fraction of sp³-hybridized carbons (Fsp3) is 0.273. The lowest BCUT2D eigenvalue weighted by molar-refractivity contribution is 0.908. The molecule has 78 valence electrons. The summed E-state index contributed by atoms with van der Waals surface area (Å²) in [6, 6.07) is 5.65. The van der Waals surface area contributed by atoms with Gasteiger partial charge in [0.15, 0.2) is 0 Å². The van der Waals surface area contributed by atoms with Crippen LogP contribution >= 0.6 is 11.6 Å². The summed E-state index contributed by atoms with van der Waals surface area (Å²) in [6.07, 6.45) is 0.765. The van der Waals surface area contributed by atoms with Crippen LogP contribution < -0.4 is 5.73 Å². The second kappa shape index (κ2) is 4.13. The van der Waals surface area contributed by atoms with Gasteiger partial charge >= 0.3 is 0 Å². The van der Waals surface area contributed by atoms with Crippen molar-refractivity contribution in [2.45, 2.75) is 13.3 Å². The van der Waals surface area contributed by atoms with Crippen molar-refractivity contribution in [3.05, 3.63) is 34.7 Å². The summed E-state index contributed by atoms with van der Waals surface area (Å²) in [5.74, 6) is 0.758. The zero-order valence-corrected chi connectivity index (χ0v) is 9.25. The molecule has 0 spiro atoms. The largest absolute Gasteiger partial charge is 0.330 e. The molecule has 1 aromatic carbocycles. The van der Waals surface area contributed by atoms with E-state index in [4.69, 9.17) is 17.3 Å². The van der Waals surface area contributed by atoms with Gasteiger partial charge in [0.2, 0.25) is 0 Å². The Bertz CT molecular complexity index is 491. The van der Waals surface area contributed by atoms with Crippen LogP contribution in [-0.4, -0.2) is 16.5 Å². The van der Waals surface area contributed by atoms with Crippen molar-refractivity contribution >= 4 is 22.5 Å². The van der Waals surface area contributed by atoms with Crippen molar-refractivity contribution in [1.29, 1.82) is 0 Å². The van der Waals surface area contributed by atoms with Crippen LogP contribution in [-0.2, 0) is 6.42 Å². The maximum absolute atomic E-state index is 5.92. The molecular formula is C11H12ClN3. The summed E-state index contributed by atoms with van der Waals surface area (Å²) in [6.45, 7) is 2.47. The van der Waals surface area contributed by atoms with Crippen molar-refractivity contribution in [1.82, 2.24) is 9.97 Å². The highest BCUT2D eigenvalue weighted by molar-refractivity contribution is 6.31. The van der Waals surface area contributed by atoms with Gasteiger partial charge in [-0.05, 0) is 31.7 Å². The summed E-state index contributed by atoms with van der Waals surface area (Å²) < 4.78 is 0. The van der Waals surface area contributed by atoms with E-state index in [2.05, 4.69) is 9.97 Å². The molecule has 0 aliphatic carbocycles. The Kier molecular flexibility index (Phi) is 2.84. The molecule has 0 amide bonds. The maximum Gasteiger partial charge on any atom is 0.126 e.